The third-order valence-corrected chi connectivity index (χ3v) is 12.9. The average molecular weight is 804 g/mol. The van der Waals surface area contributed by atoms with Crippen molar-refractivity contribution in [1.82, 2.24) is 0 Å². The Balaban J connectivity index is 0.987. The van der Waals surface area contributed by atoms with Crippen LogP contribution in [0.3, 0.4) is 0 Å². The van der Waals surface area contributed by atoms with Gasteiger partial charge in [-0.2, -0.15) is 0 Å². The Labute approximate surface area is 363 Å². The highest BCUT2D eigenvalue weighted by atomic mass is 16.3. The highest BCUT2D eigenvalue weighted by molar-refractivity contribution is 6.28. The van der Waals surface area contributed by atoms with E-state index in [1.807, 2.05) is 18.2 Å². The molecule has 0 aliphatic heterocycles. The molecular weight excluding hydrogens is 767 g/mol. The van der Waals surface area contributed by atoms with Crippen LogP contribution in [0.4, 0.5) is 17.1 Å². The van der Waals surface area contributed by atoms with E-state index < -0.39 is 0 Å². The Morgan fingerprint density at radius 2 is 0.714 bits per heavy atom. The van der Waals surface area contributed by atoms with Crippen molar-refractivity contribution >= 4 is 93.3 Å². The molecule has 0 unspecified atom stereocenters. The minimum Gasteiger partial charge on any atom is -0.456 e. The molecule has 0 N–H and O–H groups in total. The van der Waals surface area contributed by atoms with Crippen molar-refractivity contribution in [2.75, 3.05) is 4.90 Å². The van der Waals surface area contributed by atoms with Crippen LogP contribution in [0.1, 0.15) is 0 Å². The molecule has 13 aromatic rings. The molecule has 13 rings (SSSR count). The maximum atomic E-state index is 7.02. The first kappa shape index (κ1) is 35.4. The summed E-state index contributed by atoms with van der Waals surface area (Å²) in [6, 6.07) is 80.3. The van der Waals surface area contributed by atoms with E-state index in [2.05, 4.69) is 211 Å². The minimum atomic E-state index is 0.843. The first-order valence-electron chi connectivity index (χ1n) is 21.5. The second-order valence-corrected chi connectivity index (χ2v) is 16.4. The third-order valence-electron chi connectivity index (χ3n) is 12.9. The van der Waals surface area contributed by atoms with Crippen molar-refractivity contribution < 1.29 is 8.83 Å². The molecule has 0 saturated carbocycles. The van der Waals surface area contributed by atoms with Gasteiger partial charge in [-0.15, -0.1) is 0 Å². The van der Waals surface area contributed by atoms with Crippen LogP contribution in [0.2, 0.25) is 0 Å². The summed E-state index contributed by atoms with van der Waals surface area (Å²) in [7, 11) is 0. The summed E-state index contributed by atoms with van der Waals surface area (Å²) in [5.41, 5.74) is 13.5. The molecule has 0 atom stereocenters. The Hall–Kier alpha value is -8.40. The summed E-state index contributed by atoms with van der Waals surface area (Å²) in [6.45, 7) is 0. The predicted octanol–water partition coefficient (Wildman–Crippen LogP) is 17.4. The lowest BCUT2D eigenvalue weighted by atomic mass is 9.88. The third kappa shape index (κ3) is 5.60. The van der Waals surface area contributed by atoms with E-state index in [0.29, 0.717) is 0 Å². The van der Waals surface area contributed by atoms with Gasteiger partial charge in [-0.25, -0.2) is 0 Å². The van der Waals surface area contributed by atoms with Crippen molar-refractivity contribution in [2.45, 2.75) is 0 Å². The highest BCUT2D eigenvalue weighted by Crippen LogP contribution is 2.47. The molecule has 0 radical (unpaired) electrons. The van der Waals surface area contributed by atoms with Gasteiger partial charge in [0.15, 0.2) is 0 Å². The Bertz CT molecular complexity index is 3810. The Morgan fingerprint density at radius 3 is 1.35 bits per heavy atom. The van der Waals surface area contributed by atoms with Crippen molar-refractivity contribution in [3.05, 3.63) is 224 Å². The van der Waals surface area contributed by atoms with Crippen molar-refractivity contribution in [2.24, 2.45) is 0 Å². The zero-order valence-electron chi connectivity index (χ0n) is 34.1. The van der Waals surface area contributed by atoms with Crippen molar-refractivity contribution in [1.29, 1.82) is 0 Å². The molecule has 0 aliphatic carbocycles. The van der Waals surface area contributed by atoms with Gasteiger partial charge in [0.05, 0.1) is 0 Å². The zero-order valence-corrected chi connectivity index (χ0v) is 34.1. The first-order valence-corrected chi connectivity index (χ1v) is 21.5. The minimum absolute atomic E-state index is 0.843. The maximum Gasteiger partial charge on any atom is 0.143 e. The molecule has 0 fully saturated rings. The fourth-order valence-electron chi connectivity index (χ4n) is 9.98. The van der Waals surface area contributed by atoms with Gasteiger partial charge in [-0.3, -0.25) is 0 Å². The van der Waals surface area contributed by atoms with Gasteiger partial charge in [0.1, 0.15) is 22.3 Å². The van der Waals surface area contributed by atoms with Gasteiger partial charge < -0.3 is 13.7 Å². The molecule has 0 spiro atoms. The molecule has 3 nitrogen and oxygen atoms in total. The molecule has 63 heavy (non-hydrogen) atoms. The second-order valence-electron chi connectivity index (χ2n) is 16.4. The smallest absolute Gasteiger partial charge is 0.143 e. The number of hydrogen-bond donors (Lipinski definition) is 0. The summed E-state index contributed by atoms with van der Waals surface area (Å²) in [5.74, 6) is 0. The number of hydrogen-bond acceptors (Lipinski definition) is 3. The Kier molecular flexibility index (Phi) is 7.91. The maximum absolute atomic E-state index is 7.02. The summed E-state index contributed by atoms with van der Waals surface area (Å²) < 4.78 is 13.4. The number of rotatable bonds is 6. The first-order chi connectivity index (χ1) is 31.2. The fourth-order valence-corrected chi connectivity index (χ4v) is 9.98. The number of nitrogens with zero attached hydrogens (tertiary/aromatic N) is 1. The molecule has 0 saturated heterocycles. The van der Waals surface area contributed by atoms with Crippen LogP contribution in [-0.4, -0.2) is 0 Å². The fraction of sp³-hybridized carbons (Fsp3) is 0. The van der Waals surface area contributed by atoms with Gasteiger partial charge in [0.2, 0.25) is 0 Å². The van der Waals surface area contributed by atoms with Crippen LogP contribution >= 0.6 is 0 Å². The summed E-state index contributed by atoms with van der Waals surface area (Å²) >= 11 is 0. The number of furan rings is 2. The van der Waals surface area contributed by atoms with Crippen LogP contribution in [-0.2, 0) is 0 Å². The van der Waals surface area contributed by atoms with Crippen LogP contribution in [0.25, 0.3) is 110 Å². The molecule has 2 aromatic heterocycles. The van der Waals surface area contributed by atoms with Crippen molar-refractivity contribution in [3.8, 4) is 33.4 Å². The van der Waals surface area contributed by atoms with Gasteiger partial charge >= 0.3 is 0 Å². The van der Waals surface area contributed by atoms with Gasteiger partial charge in [0, 0.05) is 44.2 Å². The monoisotopic (exact) mass is 803 g/mol. The van der Waals surface area contributed by atoms with Crippen molar-refractivity contribution in [3.63, 3.8) is 0 Å². The number of benzene rings is 11. The van der Waals surface area contributed by atoms with Gasteiger partial charge in [-0.1, -0.05) is 158 Å². The molecule has 2 heterocycles. The molecule has 294 valence electrons. The van der Waals surface area contributed by atoms with E-state index in [1.165, 1.54) is 32.3 Å². The number of para-hydroxylation sites is 3. The largest absolute Gasteiger partial charge is 0.456 e. The quantitative estimate of drug-likeness (QED) is 0.157. The van der Waals surface area contributed by atoms with Crippen LogP contribution in [0, 0.1) is 0 Å². The average Bonchev–Trinajstić information content (AvgIpc) is 3.93. The summed E-state index contributed by atoms with van der Waals surface area (Å²) in [4.78, 5) is 2.29. The van der Waals surface area contributed by atoms with Gasteiger partial charge in [0.25, 0.3) is 0 Å². The number of anilines is 3. The topological polar surface area (TPSA) is 29.5 Å². The van der Waals surface area contributed by atoms with Crippen LogP contribution < -0.4 is 4.90 Å². The zero-order chi connectivity index (χ0) is 41.4. The lowest BCUT2D eigenvalue weighted by molar-refractivity contribution is 0.663. The van der Waals surface area contributed by atoms with E-state index in [4.69, 9.17) is 8.83 Å². The summed E-state index contributed by atoms with van der Waals surface area (Å²) in [6.07, 6.45) is 0. The molecule has 0 amide bonds. The van der Waals surface area contributed by atoms with Gasteiger partial charge in [-0.05, 0) is 127 Å². The summed E-state index contributed by atoms with van der Waals surface area (Å²) in [5, 5.41) is 11.9. The molecule has 0 aliphatic rings. The lowest BCUT2D eigenvalue weighted by Gasteiger charge is -2.25. The molecule has 3 heteroatoms. The second kappa shape index (κ2) is 14.1. The van der Waals surface area contributed by atoms with Crippen LogP contribution in [0.15, 0.2) is 233 Å². The van der Waals surface area contributed by atoms with E-state index in [0.717, 1.165) is 94.3 Å². The normalized spacial score (nSPS) is 11.8. The number of fused-ring (bicyclic) bond motifs is 13. The van der Waals surface area contributed by atoms with E-state index in [-0.39, 0.29) is 0 Å². The van der Waals surface area contributed by atoms with E-state index in [9.17, 15) is 0 Å². The molecule has 0 bridgehead atoms. The van der Waals surface area contributed by atoms with E-state index >= 15 is 0 Å². The van der Waals surface area contributed by atoms with Crippen LogP contribution in [0.5, 0.6) is 0 Å². The molecule has 11 aromatic carbocycles. The highest BCUT2D eigenvalue weighted by Gasteiger charge is 2.22. The SMILES string of the molecule is c1ccc(N(c2ccccc2)c2ccc(-c3ccc(-c4c(-c5ccc6c7ccccc7c7ccccc7c6c5)ccc5c4oc4ccc6oc7ccccc7c6c45)cc3)cc2)cc1. The molecular formula is C60H37NO2. The van der Waals surface area contributed by atoms with E-state index in [1.54, 1.807) is 0 Å². The predicted molar refractivity (Wildman–Crippen MR) is 265 cm³/mol. The Morgan fingerprint density at radius 1 is 0.270 bits per heavy atom. The lowest BCUT2D eigenvalue weighted by Crippen LogP contribution is -2.09. The standard InChI is InChI=1S/C60H37NO2/c1-3-13-42(14-4-1)61(43-15-5-2-6-16-43)44-30-27-39(28-31-44)38-23-25-40(26-24-38)57-45(41-29-32-50-48-19-8-7-17-46(48)47-18-9-10-20-49(47)53(50)37-41)33-34-52-59-56(63-60(52)57)36-35-55-58(59)51-21-11-12-22-54(51)62-55/h1-37H.